The number of nitrogens with zero attached hydrogens (tertiary/aromatic N) is 1. The van der Waals surface area contributed by atoms with E-state index in [0.717, 1.165) is 16.7 Å². The molecule has 0 fully saturated rings. The summed E-state index contributed by atoms with van der Waals surface area (Å²) in [5, 5.41) is 3.61. The average Bonchev–Trinajstić information content (AvgIpc) is 2.74. The number of hydrogen-bond acceptors (Lipinski definition) is 3. The van der Waals surface area contributed by atoms with Crippen molar-refractivity contribution in [3.05, 3.63) is 64.2 Å². The lowest BCUT2D eigenvalue weighted by Gasteiger charge is -2.31. The Morgan fingerprint density at radius 3 is 2.35 bits per heavy atom. The molecule has 2 aromatic rings. The van der Waals surface area contributed by atoms with Crippen LogP contribution >= 0.6 is 11.6 Å². The summed E-state index contributed by atoms with van der Waals surface area (Å²) in [6.07, 6.45) is 0.515. The summed E-state index contributed by atoms with van der Waals surface area (Å²) >= 11 is 6.07. The molecule has 0 aliphatic carbocycles. The monoisotopic (exact) mass is 444 g/mol. The molecule has 6 heteroatoms. The third-order valence-electron chi connectivity index (χ3n) is 5.04. The highest BCUT2D eigenvalue weighted by Gasteiger charge is 2.29. The van der Waals surface area contributed by atoms with E-state index in [1.165, 1.54) is 0 Å². The number of hydrogen-bond donors (Lipinski definition) is 1. The van der Waals surface area contributed by atoms with Gasteiger partial charge in [0.25, 0.3) is 5.91 Å². The van der Waals surface area contributed by atoms with E-state index in [9.17, 15) is 9.59 Å². The fraction of sp³-hybridized carbons (Fsp3) is 0.440. The van der Waals surface area contributed by atoms with Gasteiger partial charge in [-0.2, -0.15) is 0 Å². The van der Waals surface area contributed by atoms with Crippen molar-refractivity contribution in [1.29, 1.82) is 0 Å². The zero-order valence-corrected chi connectivity index (χ0v) is 19.8. The van der Waals surface area contributed by atoms with E-state index in [2.05, 4.69) is 5.32 Å². The number of carbonyl (C=O) groups excluding carboxylic acids is 2. The van der Waals surface area contributed by atoms with Crippen LogP contribution < -0.4 is 10.1 Å². The average molecular weight is 445 g/mol. The lowest BCUT2D eigenvalue weighted by atomic mass is 10.1. The Morgan fingerprint density at radius 1 is 1.10 bits per heavy atom. The molecule has 0 aliphatic rings. The quantitative estimate of drug-likeness (QED) is 0.566. The first-order valence-corrected chi connectivity index (χ1v) is 11.1. The molecule has 2 rings (SSSR count). The maximum Gasteiger partial charge on any atom is 0.261 e. The van der Waals surface area contributed by atoms with Crippen LogP contribution in [-0.2, 0) is 16.1 Å². The van der Waals surface area contributed by atoms with Gasteiger partial charge in [-0.05, 0) is 55.5 Å². The smallest absolute Gasteiger partial charge is 0.261 e. The summed E-state index contributed by atoms with van der Waals surface area (Å²) in [7, 11) is 0. The lowest BCUT2D eigenvalue weighted by molar-refractivity contribution is -0.143. The van der Waals surface area contributed by atoms with Gasteiger partial charge in [0.15, 0.2) is 6.61 Å². The minimum absolute atomic E-state index is 0.140. The van der Waals surface area contributed by atoms with Gasteiger partial charge < -0.3 is 15.0 Å². The molecule has 1 atom stereocenters. The Kier molecular flexibility index (Phi) is 9.38. The van der Waals surface area contributed by atoms with Crippen LogP contribution in [0, 0.1) is 19.8 Å². The van der Waals surface area contributed by atoms with Gasteiger partial charge in [0, 0.05) is 18.1 Å². The first kappa shape index (κ1) is 24.7. The van der Waals surface area contributed by atoms with Gasteiger partial charge in [-0.3, -0.25) is 9.59 Å². The summed E-state index contributed by atoms with van der Waals surface area (Å²) in [6, 6.07) is 12.7. The van der Waals surface area contributed by atoms with E-state index in [1.807, 2.05) is 58.9 Å². The fourth-order valence-corrected chi connectivity index (χ4v) is 3.28. The van der Waals surface area contributed by atoms with Gasteiger partial charge in [0.05, 0.1) is 0 Å². The summed E-state index contributed by atoms with van der Waals surface area (Å²) in [4.78, 5) is 27.7. The second-order valence-corrected chi connectivity index (χ2v) is 8.68. The van der Waals surface area contributed by atoms with Gasteiger partial charge in [-0.25, -0.2) is 0 Å². The molecule has 2 aromatic carbocycles. The third-order valence-corrected chi connectivity index (χ3v) is 5.46. The van der Waals surface area contributed by atoms with E-state index < -0.39 is 6.04 Å². The first-order valence-electron chi connectivity index (χ1n) is 10.7. The Labute approximate surface area is 190 Å². The number of nitrogens with one attached hydrogen (secondary N) is 1. The van der Waals surface area contributed by atoms with Crippen LogP contribution in [0.5, 0.6) is 5.75 Å². The highest BCUT2D eigenvalue weighted by Crippen LogP contribution is 2.21. The van der Waals surface area contributed by atoms with Crippen molar-refractivity contribution in [2.24, 2.45) is 5.92 Å². The van der Waals surface area contributed by atoms with Gasteiger partial charge in [-0.15, -0.1) is 0 Å². The zero-order chi connectivity index (χ0) is 23.0. The van der Waals surface area contributed by atoms with Crippen LogP contribution in [0.4, 0.5) is 0 Å². The van der Waals surface area contributed by atoms with Gasteiger partial charge in [-0.1, -0.05) is 62.2 Å². The van der Waals surface area contributed by atoms with Gasteiger partial charge in [0.2, 0.25) is 5.91 Å². The SMILES string of the molecule is CC[C@@H](C(=O)NCC(C)C)N(Cc1ccc(C)cc1)C(=O)COc1ccc(Cl)c(C)c1. The van der Waals surface area contributed by atoms with Gasteiger partial charge >= 0.3 is 0 Å². The Morgan fingerprint density at radius 2 is 1.77 bits per heavy atom. The molecule has 2 amide bonds. The third kappa shape index (κ3) is 7.59. The number of benzene rings is 2. The second-order valence-electron chi connectivity index (χ2n) is 8.27. The van der Waals surface area contributed by atoms with Gasteiger partial charge in [0.1, 0.15) is 11.8 Å². The van der Waals surface area contributed by atoms with E-state index in [1.54, 1.807) is 23.1 Å². The largest absolute Gasteiger partial charge is 0.484 e. The highest BCUT2D eigenvalue weighted by molar-refractivity contribution is 6.31. The minimum atomic E-state index is -0.567. The first-order chi connectivity index (χ1) is 14.7. The second kappa shape index (κ2) is 11.8. The number of rotatable bonds is 10. The van der Waals surface area contributed by atoms with E-state index in [-0.39, 0.29) is 18.4 Å². The highest BCUT2D eigenvalue weighted by atomic mass is 35.5. The minimum Gasteiger partial charge on any atom is -0.484 e. The molecule has 0 unspecified atom stereocenters. The number of ether oxygens (including phenoxy) is 1. The van der Waals surface area contributed by atoms with Crippen LogP contribution in [0.15, 0.2) is 42.5 Å². The van der Waals surface area contributed by atoms with Crippen molar-refractivity contribution in [2.45, 2.75) is 53.6 Å². The molecule has 0 saturated carbocycles. The fourth-order valence-electron chi connectivity index (χ4n) is 3.17. The molecule has 0 aliphatic heterocycles. The van der Waals surface area contributed by atoms with Crippen LogP contribution in [0.1, 0.15) is 43.9 Å². The molecule has 0 bridgehead atoms. The van der Waals surface area contributed by atoms with Crippen LogP contribution in [-0.4, -0.2) is 35.9 Å². The molecule has 1 N–H and O–H groups in total. The summed E-state index contributed by atoms with van der Waals surface area (Å²) in [5.74, 6) is 0.528. The topological polar surface area (TPSA) is 58.6 Å². The molecule has 5 nitrogen and oxygen atoms in total. The summed E-state index contributed by atoms with van der Waals surface area (Å²) in [5.41, 5.74) is 2.99. The molecule has 0 radical (unpaired) electrons. The maximum atomic E-state index is 13.2. The van der Waals surface area contributed by atoms with Crippen molar-refractivity contribution < 1.29 is 14.3 Å². The van der Waals surface area contributed by atoms with Crippen molar-refractivity contribution in [3.8, 4) is 5.75 Å². The maximum absolute atomic E-state index is 13.2. The van der Waals surface area contributed by atoms with Crippen molar-refractivity contribution in [1.82, 2.24) is 10.2 Å². The van der Waals surface area contributed by atoms with Crippen LogP contribution in [0.25, 0.3) is 0 Å². The molecular formula is C25H33ClN2O3. The number of aryl methyl sites for hydroxylation is 2. The zero-order valence-electron chi connectivity index (χ0n) is 19.1. The molecule has 31 heavy (non-hydrogen) atoms. The van der Waals surface area contributed by atoms with Crippen molar-refractivity contribution in [2.75, 3.05) is 13.2 Å². The van der Waals surface area contributed by atoms with Crippen LogP contribution in [0.3, 0.4) is 0 Å². The molecular weight excluding hydrogens is 412 g/mol. The van der Waals surface area contributed by atoms with Crippen molar-refractivity contribution in [3.63, 3.8) is 0 Å². The number of amides is 2. The molecule has 168 valence electrons. The predicted octanol–water partition coefficient (Wildman–Crippen LogP) is 4.92. The normalized spacial score (nSPS) is 11.8. The number of halogens is 1. The summed E-state index contributed by atoms with van der Waals surface area (Å²) < 4.78 is 5.73. The lowest BCUT2D eigenvalue weighted by Crippen LogP contribution is -2.50. The van der Waals surface area contributed by atoms with Crippen molar-refractivity contribution >= 4 is 23.4 Å². The van der Waals surface area contributed by atoms with Crippen LogP contribution in [0.2, 0.25) is 5.02 Å². The standard InChI is InChI=1S/C25H33ClN2O3/c1-6-23(25(30)27-14-17(2)3)28(15-20-9-7-18(4)8-10-20)24(29)16-31-21-11-12-22(26)19(5)13-21/h7-13,17,23H,6,14-16H2,1-5H3,(H,27,30)/t23-/m0/s1. The Bertz CT molecular complexity index is 881. The van der Waals surface area contributed by atoms with E-state index in [4.69, 9.17) is 16.3 Å². The predicted molar refractivity (Wildman–Crippen MR) is 125 cm³/mol. The molecule has 0 heterocycles. The molecule has 0 spiro atoms. The molecule has 0 saturated heterocycles. The summed E-state index contributed by atoms with van der Waals surface area (Å²) in [6.45, 7) is 10.7. The van der Waals surface area contributed by atoms with E-state index in [0.29, 0.717) is 36.2 Å². The molecule has 0 aromatic heterocycles. The van der Waals surface area contributed by atoms with E-state index >= 15 is 0 Å². The Hall–Kier alpha value is -2.53. The Balaban J connectivity index is 2.19. The number of carbonyl (C=O) groups is 2.